The van der Waals surface area contributed by atoms with Crippen molar-refractivity contribution in [1.82, 2.24) is 0 Å². The van der Waals surface area contributed by atoms with Crippen molar-refractivity contribution in [2.24, 2.45) is 0 Å². The average molecular weight is 551 g/mol. The first-order chi connectivity index (χ1) is 19.1. The fraction of sp³-hybridized carbons (Fsp3) is 0.886. The summed E-state index contributed by atoms with van der Waals surface area (Å²) >= 11 is 0. The Morgan fingerprint density at radius 2 is 0.949 bits per heavy atom. The number of rotatable bonds is 31. The van der Waals surface area contributed by atoms with E-state index >= 15 is 0 Å². The van der Waals surface area contributed by atoms with Crippen LogP contribution in [0.5, 0.6) is 0 Å². The second-order valence-corrected chi connectivity index (χ2v) is 11.7. The Morgan fingerprint density at radius 1 is 0.538 bits per heavy atom. The lowest BCUT2D eigenvalue weighted by Crippen LogP contribution is -2.19. The van der Waals surface area contributed by atoms with Gasteiger partial charge in [0.25, 0.3) is 0 Å². The summed E-state index contributed by atoms with van der Waals surface area (Å²) in [4.78, 5) is 23.4. The molecule has 39 heavy (non-hydrogen) atoms. The number of carbonyl (C=O) groups is 2. The summed E-state index contributed by atoms with van der Waals surface area (Å²) in [6.07, 6.45) is 36.5. The molecule has 0 aliphatic heterocycles. The highest BCUT2D eigenvalue weighted by molar-refractivity contribution is 5.69. The first-order valence-corrected chi connectivity index (χ1v) is 17.2. The maximum absolute atomic E-state index is 12.3. The van der Waals surface area contributed by atoms with Crippen molar-refractivity contribution >= 4 is 11.9 Å². The zero-order chi connectivity index (χ0) is 28.7. The van der Waals surface area contributed by atoms with Gasteiger partial charge in [-0.2, -0.15) is 0 Å². The molecule has 0 aliphatic rings. The zero-order valence-electron chi connectivity index (χ0n) is 26.2. The predicted octanol–water partition coefficient (Wildman–Crippen LogP) is 11.5. The number of allylic oxidation sites excluding steroid dienone is 2. The molecular weight excluding hydrogens is 484 g/mol. The van der Waals surface area contributed by atoms with Crippen LogP contribution in [-0.4, -0.2) is 23.1 Å². The van der Waals surface area contributed by atoms with Crippen LogP contribution in [0.25, 0.3) is 0 Å². The molecule has 0 saturated carbocycles. The van der Waals surface area contributed by atoms with E-state index in [0.717, 1.165) is 32.1 Å². The highest BCUT2D eigenvalue weighted by Gasteiger charge is 2.15. The summed E-state index contributed by atoms with van der Waals surface area (Å²) in [5.74, 6) is -0.957. The van der Waals surface area contributed by atoms with Crippen LogP contribution in [0.3, 0.4) is 0 Å². The van der Waals surface area contributed by atoms with E-state index < -0.39 is 5.97 Å². The molecule has 0 spiro atoms. The number of carboxylic acid groups (broad SMARTS) is 1. The Bertz CT molecular complexity index is 557. The monoisotopic (exact) mass is 550 g/mol. The van der Waals surface area contributed by atoms with Crippen molar-refractivity contribution in [2.45, 2.75) is 200 Å². The minimum Gasteiger partial charge on any atom is -0.481 e. The summed E-state index contributed by atoms with van der Waals surface area (Å²) in [5, 5.41) is 9.05. The van der Waals surface area contributed by atoms with Crippen molar-refractivity contribution in [1.29, 1.82) is 0 Å². The van der Waals surface area contributed by atoms with Crippen LogP contribution in [0.4, 0.5) is 0 Å². The van der Waals surface area contributed by atoms with Gasteiger partial charge in [0.1, 0.15) is 6.10 Å². The van der Waals surface area contributed by atoms with Gasteiger partial charge in [-0.3, -0.25) is 9.59 Å². The van der Waals surface area contributed by atoms with Gasteiger partial charge in [-0.1, -0.05) is 142 Å². The van der Waals surface area contributed by atoms with Gasteiger partial charge in [0.05, 0.1) is 0 Å². The van der Waals surface area contributed by atoms with Crippen LogP contribution in [0.1, 0.15) is 194 Å². The van der Waals surface area contributed by atoms with Crippen LogP contribution in [0.2, 0.25) is 0 Å². The lowest BCUT2D eigenvalue weighted by Gasteiger charge is -2.17. The van der Waals surface area contributed by atoms with Crippen molar-refractivity contribution in [3.63, 3.8) is 0 Å². The van der Waals surface area contributed by atoms with E-state index in [0.29, 0.717) is 12.8 Å². The lowest BCUT2D eigenvalue weighted by atomic mass is 10.0. The second kappa shape index (κ2) is 31.2. The van der Waals surface area contributed by atoms with E-state index in [1.807, 2.05) is 0 Å². The molecule has 0 radical (unpaired) electrons. The van der Waals surface area contributed by atoms with E-state index in [4.69, 9.17) is 9.84 Å². The van der Waals surface area contributed by atoms with E-state index in [1.54, 1.807) is 0 Å². The van der Waals surface area contributed by atoms with Gasteiger partial charge in [0.2, 0.25) is 0 Å². The smallest absolute Gasteiger partial charge is 0.306 e. The Balaban J connectivity index is 3.71. The molecule has 0 aliphatic carbocycles. The molecule has 1 unspecified atom stereocenters. The third-order valence-corrected chi connectivity index (χ3v) is 7.75. The number of carbonyl (C=O) groups excluding carboxylic acids is 1. The Hall–Kier alpha value is -1.32. The maximum Gasteiger partial charge on any atom is 0.306 e. The van der Waals surface area contributed by atoms with Crippen LogP contribution >= 0.6 is 0 Å². The Kier molecular flexibility index (Phi) is 30.2. The van der Waals surface area contributed by atoms with E-state index in [9.17, 15) is 9.59 Å². The van der Waals surface area contributed by atoms with Gasteiger partial charge in [-0.25, -0.2) is 0 Å². The van der Waals surface area contributed by atoms with Crippen molar-refractivity contribution in [3.05, 3.63) is 12.2 Å². The zero-order valence-corrected chi connectivity index (χ0v) is 26.2. The Labute approximate surface area is 243 Å². The highest BCUT2D eigenvalue weighted by Crippen LogP contribution is 2.17. The van der Waals surface area contributed by atoms with Crippen molar-refractivity contribution in [2.75, 3.05) is 0 Å². The van der Waals surface area contributed by atoms with Crippen molar-refractivity contribution in [3.8, 4) is 0 Å². The van der Waals surface area contributed by atoms with Gasteiger partial charge in [0.15, 0.2) is 0 Å². The van der Waals surface area contributed by atoms with Gasteiger partial charge in [-0.15, -0.1) is 0 Å². The van der Waals surface area contributed by atoms with Crippen LogP contribution in [0, 0.1) is 0 Å². The minimum absolute atomic E-state index is 0.0737. The van der Waals surface area contributed by atoms with Crippen LogP contribution < -0.4 is 0 Å². The fourth-order valence-electron chi connectivity index (χ4n) is 5.17. The molecule has 0 amide bonds. The molecule has 4 heteroatoms. The number of aliphatic carboxylic acids is 1. The third kappa shape index (κ3) is 31.1. The van der Waals surface area contributed by atoms with Gasteiger partial charge in [-0.05, 0) is 51.4 Å². The largest absolute Gasteiger partial charge is 0.481 e. The molecule has 0 aromatic carbocycles. The molecule has 1 N–H and O–H groups in total. The maximum atomic E-state index is 12.3. The van der Waals surface area contributed by atoms with E-state index in [1.165, 1.54) is 128 Å². The number of hydrogen-bond donors (Lipinski definition) is 1. The average Bonchev–Trinajstić information content (AvgIpc) is 2.92. The molecule has 4 nitrogen and oxygen atoms in total. The molecule has 0 rings (SSSR count). The molecule has 230 valence electrons. The normalized spacial score (nSPS) is 12.3. The van der Waals surface area contributed by atoms with E-state index in [-0.39, 0.29) is 18.5 Å². The summed E-state index contributed by atoms with van der Waals surface area (Å²) in [5.41, 5.74) is 0. The molecule has 0 aromatic rings. The van der Waals surface area contributed by atoms with Crippen molar-refractivity contribution < 1.29 is 19.4 Å². The molecule has 0 bridgehead atoms. The van der Waals surface area contributed by atoms with Gasteiger partial charge >= 0.3 is 11.9 Å². The predicted molar refractivity (Wildman–Crippen MR) is 167 cm³/mol. The first-order valence-electron chi connectivity index (χ1n) is 17.2. The molecule has 0 heterocycles. The van der Waals surface area contributed by atoms with E-state index in [2.05, 4.69) is 26.0 Å². The van der Waals surface area contributed by atoms with Gasteiger partial charge in [0, 0.05) is 12.8 Å². The second-order valence-electron chi connectivity index (χ2n) is 11.7. The number of unbranched alkanes of at least 4 members (excludes halogenated alkanes) is 21. The third-order valence-electron chi connectivity index (χ3n) is 7.75. The standard InChI is InChI=1S/C35H66O4/c1-3-5-7-9-11-13-14-15-16-17-18-19-20-22-24-26-28-30-35(38)39-33(31-32-34(36)37)29-27-25-23-21-12-10-8-6-4-2/h15-16,33H,3-14,17-32H2,1-2H3,(H,36,37)/b16-15-. The highest BCUT2D eigenvalue weighted by atomic mass is 16.5. The molecular formula is C35H66O4. The number of hydrogen-bond acceptors (Lipinski definition) is 3. The summed E-state index contributed by atoms with van der Waals surface area (Å²) in [7, 11) is 0. The summed E-state index contributed by atoms with van der Waals surface area (Å²) in [6, 6.07) is 0. The quantitative estimate of drug-likeness (QED) is 0.0529. The summed E-state index contributed by atoms with van der Waals surface area (Å²) in [6.45, 7) is 4.51. The lowest BCUT2D eigenvalue weighted by molar-refractivity contribution is -0.151. The minimum atomic E-state index is -0.813. The molecule has 0 fully saturated rings. The molecule has 0 saturated heterocycles. The molecule has 1 atom stereocenters. The van der Waals surface area contributed by atoms with Crippen LogP contribution in [0.15, 0.2) is 12.2 Å². The molecule has 0 aromatic heterocycles. The Morgan fingerprint density at radius 3 is 1.41 bits per heavy atom. The number of esters is 1. The first kappa shape index (κ1) is 37.7. The topological polar surface area (TPSA) is 63.6 Å². The fourth-order valence-corrected chi connectivity index (χ4v) is 5.17. The summed E-state index contributed by atoms with van der Waals surface area (Å²) < 4.78 is 5.69. The number of ether oxygens (including phenoxy) is 1. The van der Waals surface area contributed by atoms with Gasteiger partial charge < -0.3 is 9.84 Å². The number of carboxylic acids is 1. The van der Waals surface area contributed by atoms with Crippen LogP contribution in [-0.2, 0) is 14.3 Å². The SMILES string of the molecule is CCCCCCCC/C=C\CCCCCCCCCC(=O)OC(CCCCCCCCCCC)CCC(=O)O.